The van der Waals surface area contributed by atoms with Crippen molar-refractivity contribution in [1.82, 2.24) is 0 Å². The lowest BCUT2D eigenvalue weighted by atomic mass is 10.1. The van der Waals surface area contributed by atoms with E-state index >= 15 is 0 Å². The molecule has 3 aromatic carbocycles. The Kier molecular flexibility index (Phi) is 4.12. The smallest absolute Gasteiger partial charge is 0.336 e. The van der Waals surface area contributed by atoms with Gasteiger partial charge < -0.3 is 9.15 Å². The van der Waals surface area contributed by atoms with Crippen LogP contribution in [0.15, 0.2) is 81.7 Å². The molecule has 0 saturated carbocycles. The SMILES string of the molecule is O=C(/C=C/c1cccc(Br)c1)Oc1ccc2oc3ccccc3c2c1. The second kappa shape index (κ2) is 6.57. The number of halogens is 1. The lowest BCUT2D eigenvalue weighted by Crippen LogP contribution is -2.03. The van der Waals surface area contributed by atoms with E-state index in [1.54, 1.807) is 12.1 Å². The van der Waals surface area contributed by atoms with Crippen molar-refractivity contribution in [3.05, 3.63) is 82.8 Å². The zero-order valence-electron chi connectivity index (χ0n) is 13.1. The van der Waals surface area contributed by atoms with Crippen molar-refractivity contribution in [2.75, 3.05) is 0 Å². The van der Waals surface area contributed by atoms with Gasteiger partial charge >= 0.3 is 5.97 Å². The van der Waals surface area contributed by atoms with Crippen molar-refractivity contribution in [2.45, 2.75) is 0 Å². The van der Waals surface area contributed by atoms with Gasteiger partial charge in [-0.05, 0) is 48.0 Å². The predicted octanol–water partition coefficient (Wildman–Crippen LogP) is 5.97. The van der Waals surface area contributed by atoms with E-state index in [2.05, 4.69) is 15.9 Å². The molecule has 0 fully saturated rings. The standard InChI is InChI=1S/C21H13BrO3/c22-15-5-3-4-14(12-15)8-11-21(23)24-16-9-10-20-18(13-16)17-6-1-2-7-19(17)25-20/h1-13H/b11-8+. The number of hydrogen-bond donors (Lipinski definition) is 0. The maximum atomic E-state index is 12.1. The van der Waals surface area contributed by atoms with E-state index in [0.29, 0.717) is 5.75 Å². The number of esters is 1. The summed E-state index contributed by atoms with van der Waals surface area (Å²) in [5.74, 6) is 0.0649. The van der Waals surface area contributed by atoms with Gasteiger partial charge in [-0.2, -0.15) is 0 Å². The zero-order valence-corrected chi connectivity index (χ0v) is 14.7. The summed E-state index contributed by atoms with van der Waals surface area (Å²) in [7, 11) is 0. The number of rotatable bonds is 3. The molecule has 4 rings (SSSR count). The van der Waals surface area contributed by atoms with Crippen LogP contribution < -0.4 is 4.74 Å². The molecule has 4 aromatic rings. The van der Waals surface area contributed by atoms with Crippen molar-refractivity contribution in [1.29, 1.82) is 0 Å². The zero-order chi connectivity index (χ0) is 17.2. The third kappa shape index (κ3) is 3.35. The third-order valence-electron chi connectivity index (χ3n) is 3.83. The monoisotopic (exact) mass is 392 g/mol. The molecule has 25 heavy (non-hydrogen) atoms. The van der Waals surface area contributed by atoms with Gasteiger partial charge in [-0.3, -0.25) is 0 Å². The Morgan fingerprint density at radius 2 is 1.76 bits per heavy atom. The highest BCUT2D eigenvalue weighted by Gasteiger charge is 2.08. The van der Waals surface area contributed by atoms with Gasteiger partial charge in [-0.15, -0.1) is 0 Å². The highest BCUT2D eigenvalue weighted by molar-refractivity contribution is 9.10. The summed E-state index contributed by atoms with van der Waals surface area (Å²) in [5, 5.41) is 1.93. The van der Waals surface area contributed by atoms with Crippen LogP contribution in [0.1, 0.15) is 5.56 Å². The van der Waals surface area contributed by atoms with E-state index in [-0.39, 0.29) is 0 Å². The van der Waals surface area contributed by atoms with Crippen LogP contribution in [0, 0.1) is 0 Å². The van der Waals surface area contributed by atoms with E-state index in [1.165, 1.54) is 6.08 Å². The summed E-state index contributed by atoms with van der Waals surface area (Å²) >= 11 is 3.40. The van der Waals surface area contributed by atoms with Gasteiger partial charge in [0.25, 0.3) is 0 Å². The fourth-order valence-corrected chi connectivity index (χ4v) is 3.11. The van der Waals surface area contributed by atoms with E-state index in [4.69, 9.17) is 9.15 Å². The molecule has 1 aromatic heterocycles. The Morgan fingerprint density at radius 3 is 2.64 bits per heavy atom. The van der Waals surface area contributed by atoms with Crippen molar-refractivity contribution < 1.29 is 13.9 Å². The summed E-state index contributed by atoms with van der Waals surface area (Å²) < 4.78 is 12.1. The quantitative estimate of drug-likeness (QED) is 0.245. The Hall–Kier alpha value is -2.85. The van der Waals surface area contributed by atoms with Gasteiger partial charge in [-0.25, -0.2) is 4.79 Å². The predicted molar refractivity (Wildman–Crippen MR) is 103 cm³/mol. The van der Waals surface area contributed by atoms with Crippen molar-refractivity contribution in [2.24, 2.45) is 0 Å². The van der Waals surface area contributed by atoms with Crippen molar-refractivity contribution in [3.63, 3.8) is 0 Å². The Bertz CT molecular complexity index is 1110. The molecule has 0 saturated heterocycles. The summed E-state index contributed by atoms with van der Waals surface area (Å²) in [6.45, 7) is 0. The molecule has 0 spiro atoms. The molecule has 0 N–H and O–H groups in total. The molecular formula is C21H13BrO3. The van der Waals surface area contributed by atoms with Crippen LogP contribution in [0.5, 0.6) is 5.75 Å². The second-order valence-corrected chi connectivity index (χ2v) is 6.48. The molecule has 0 atom stereocenters. The lowest BCUT2D eigenvalue weighted by molar-refractivity contribution is -0.128. The molecule has 0 aliphatic rings. The number of furan rings is 1. The largest absolute Gasteiger partial charge is 0.456 e. The average molecular weight is 393 g/mol. The van der Waals surface area contributed by atoms with Gasteiger partial charge in [-0.1, -0.05) is 46.3 Å². The number of hydrogen-bond acceptors (Lipinski definition) is 3. The number of fused-ring (bicyclic) bond motifs is 3. The second-order valence-electron chi connectivity index (χ2n) is 5.57. The summed E-state index contributed by atoms with van der Waals surface area (Å²) in [6.07, 6.45) is 3.14. The molecule has 1 heterocycles. The molecule has 122 valence electrons. The topological polar surface area (TPSA) is 39.4 Å². The average Bonchev–Trinajstić information content (AvgIpc) is 2.98. The first-order valence-electron chi connectivity index (χ1n) is 7.76. The number of ether oxygens (including phenoxy) is 1. The fourth-order valence-electron chi connectivity index (χ4n) is 2.69. The van der Waals surface area contributed by atoms with Crippen LogP contribution in [-0.4, -0.2) is 5.97 Å². The molecule has 4 heteroatoms. The minimum absolute atomic E-state index is 0.424. The minimum Gasteiger partial charge on any atom is -0.456 e. The summed E-state index contributed by atoms with van der Waals surface area (Å²) in [4.78, 5) is 12.1. The Labute approximate surface area is 152 Å². The maximum Gasteiger partial charge on any atom is 0.336 e. The van der Waals surface area contributed by atoms with Crippen LogP contribution in [0.2, 0.25) is 0 Å². The first-order valence-corrected chi connectivity index (χ1v) is 8.55. The van der Waals surface area contributed by atoms with Crippen LogP contribution in [0.4, 0.5) is 0 Å². The molecule has 0 radical (unpaired) electrons. The molecule has 3 nitrogen and oxygen atoms in total. The van der Waals surface area contributed by atoms with Crippen LogP contribution in [-0.2, 0) is 4.79 Å². The van der Waals surface area contributed by atoms with Crippen LogP contribution >= 0.6 is 15.9 Å². The van der Waals surface area contributed by atoms with Gasteiger partial charge in [0.2, 0.25) is 0 Å². The molecular weight excluding hydrogens is 380 g/mol. The van der Waals surface area contributed by atoms with Crippen molar-refractivity contribution in [3.8, 4) is 5.75 Å². The van der Waals surface area contributed by atoms with E-state index in [9.17, 15) is 4.79 Å². The number of carbonyl (C=O) groups excluding carboxylic acids is 1. The van der Waals surface area contributed by atoms with Gasteiger partial charge in [0.1, 0.15) is 16.9 Å². The van der Waals surface area contributed by atoms with Crippen molar-refractivity contribution >= 4 is 49.9 Å². The van der Waals surface area contributed by atoms with Gasteiger partial charge in [0.05, 0.1) is 0 Å². The van der Waals surface area contributed by atoms with Crippen LogP contribution in [0.25, 0.3) is 28.0 Å². The van der Waals surface area contributed by atoms with E-state index in [1.807, 2.05) is 60.7 Å². The first-order chi connectivity index (χ1) is 12.2. The molecule has 0 unspecified atom stereocenters. The first kappa shape index (κ1) is 15.7. The molecule has 0 aliphatic carbocycles. The maximum absolute atomic E-state index is 12.1. The Morgan fingerprint density at radius 1 is 0.920 bits per heavy atom. The highest BCUT2D eigenvalue weighted by atomic mass is 79.9. The minimum atomic E-state index is -0.424. The third-order valence-corrected chi connectivity index (χ3v) is 4.32. The molecule has 0 amide bonds. The number of benzene rings is 3. The van der Waals surface area contributed by atoms with Gasteiger partial charge in [0.15, 0.2) is 0 Å². The number of carbonyl (C=O) groups is 1. The lowest BCUT2D eigenvalue weighted by Gasteiger charge is -2.01. The van der Waals surface area contributed by atoms with Crippen LogP contribution in [0.3, 0.4) is 0 Å². The van der Waals surface area contributed by atoms with E-state index < -0.39 is 5.97 Å². The highest BCUT2D eigenvalue weighted by Crippen LogP contribution is 2.31. The normalized spacial score (nSPS) is 11.4. The summed E-state index contributed by atoms with van der Waals surface area (Å²) in [6, 6.07) is 20.8. The Balaban J connectivity index is 1.57. The van der Waals surface area contributed by atoms with E-state index in [0.717, 1.165) is 32.0 Å². The van der Waals surface area contributed by atoms with Gasteiger partial charge in [0, 0.05) is 21.3 Å². The molecule has 0 bridgehead atoms. The molecule has 0 aliphatic heterocycles. The summed E-state index contributed by atoms with van der Waals surface area (Å²) in [5.41, 5.74) is 2.50. The number of para-hydroxylation sites is 1. The fraction of sp³-hybridized carbons (Fsp3) is 0.